The third kappa shape index (κ3) is 16100. The van der Waals surface area contributed by atoms with Gasteiger partial charge in [-0.1, -0.05) is 17.3 Å². The molecular formula is C5H10N4O2S8W. The van der Waals surface area contributed by atoms with E-state index < -0.39 is 0 Å². The second-order valence-corrected chi connectivity index (χ2v) is 5.93. The fourth-order valence-corrected chi connectivity index (χ4v) is 0. The van der Waals surface area contributed by atoms with Crippen LogP contribution in [0.25, 0.3) is 0 Å². The molecule has 0 rings (SSSR count). The first-order valence-electron chi connectivity index (χ1n) is 3.28. The van der Waals surface area contributed by atoms with Gasteiger partial charge in [0.1, 0.15) is 0 Å². The molecule has 0 saturated heterocycles. The molecule has 0 aromatic rings. The van der Waals surface area contributed by atoms with Crippen LogP contribution in [0.3, 0.4) is 0 Å². The third-order valence-electron chi connectivity index (χ3n) is 0. The van der Waals surface area contributed by atoms with Crippen molar-refractivity contribution in [1.29, 1.82) is 0 Å². The van der Waals surface area contributed by atoms with E-state index in [1.807, 2.05) is 0 Å². The molecule has 0 unspecified atom stereocenters. The number of nitrogens with two attached hydrogens (primary N) is 4. The standard InChI is InChI=1S/4CH3NS2.CH2O2.W/c4*2-1(3)4;2-1-3;/h4*(H3,2,3,4);1H,(H,2,3);/q;;;;;+4/p-4. The van der Waals surface area contributed by atoms with Crippen molar-refractivity contribution in [2.24, 2.45) is 22.9 Å². The second-order valence-electron chi connectivity index (χ2n) is 1.38. The molecule has 116 valence electrons. The van der Waals surface area contributed by atoms with Gasteiger partial charge in [-0.15, -0.1) is 0 Å². The van der Waals surface area contributed by atoms with E-state index in [0.717, 1.165) is 0 Å². The van der Waals surface area contributed by atoms with Crippen molar-refractivity contribution < 1.29 is 31.0 Å². The van der Waals surface area contributed by atoms with E-state index in [-0.39, 0.29) is 44.8 Å². The van der Waals surface area contributed by atoms with E-state index in [2.05, 4.69) is 122 Å². The van der Waals surface area contributed by atoms with Gasteiger partial charge in [-0.25, -0.2) is 0 Å². The van der Waals surface area contributed by atoms with Gasteiger partial charge >= 0.3 is 21.1 Å². The summed E-state index contributed by atoms with van der Waals surface area (Å²) >= 11 is 33.0. The van der Waals surface area contributed by atoms with Crippen LogP contribution in [0.15, 0.2) is 0 Å². The Bertz CT molecular complexity index is 216. The Morgan fingerprint density at radius 1 is 0.750 bits per heavy atom. The predicted octanol–water partition coefficient (Wildman–Crippen LogP) is -1.19. The molecular weight excluding hydrogens is 588 g/mol. The van der Waals surface area contributed by atoms with Crippen LogP contribution < -0.4 is 22.9 Å². The average Bonchev–Trinajstić information content (AvgIpc) is 1.97. The van der Waals surface area contributed by atoms with Gasteiger partial charge in [0.2, 0.25) is 0 Å². The Morgan fingerprint density at radius 2 is 0.750 bits per heavy atom. The van der Waals surface area contributed by atoms with Crippen LogP contribution in [-0.4, -0.2) is 28.9 Å². The summed E-state index contributed by atoms with van der Waals surface area (Å²) in [6.45, 7) is -0.250. The number of thiocarbonyl (C=S) groups is 4. The van der Waals surface area contributed by atoms with Crippen molar-refractivity contribution >= 4 is 123 Å². The van der Waals surface area contributed by atoms with Crippen molar-refractivity contribution in [3.8, 4) is 0 Å². The number of rotatable bonds is 0. The molecule has 15 heteroatoms. The molecule has 0 heterocycles. The maximum Gasteiger partial charge on any atom is 4.00 e. The molecule has 0 radical (unpaired) electrons. The average molecular weight is 599 g/mol. The summed E-state index contributed by atoms with van der Waals surface area (Å²) in [5.41, 5.74) is 18.6. The molecule has 0 aromatic carbocycles. The molecule has 20 heavy (non-hydrogen) atoms. The Hall–Kier alpha value is 0.598. The minimum Gasteiger partial charge on any atom is -0.483 e. The van der Waals surface area contributed by atoms with Gasteiger partial charge in [-0.05, 0) is 0 Å². The van der Waals surface area contributed by atoms with Crippen LogP contribution >= 0.6 is 48.9 Å². The molecule has 0 amide bonds. The fourth-order valence-electron chi connectivity index (χ4n) is 0. The first-order valence-corrected chi connectivity index (χ1v) is 6.55. The minimum absolute atomic E-state index is 0. The van der Waals surface area contributed by atoms with Crippen molar-refractivity contribution in [3.05, 3.63) is 0 Å². The first kappa shape index (κ1) is 37.1. The number of carbonyl (C=O) groups is 1. The van der Waals surface area contributed by atoms with E-state index in [0.29, 0.717) is 0 Å². The predicted molar refractivity (Wildman–Crippen MR) is 105 cm³/mol. The molecule has 9 N–H and O–H groups in total. The van der Waals surface area contributed by atoms with Crippen LogP contribution in [0.1, 0.15) is 0 Å². The topological polar surface area (TPSA) is 141 Å². The molecule has 0 aliphatic carbocycles. The summed E-state index contributed by atoms with van der Waals surface area (Å²) in [7, 11) is 0. The smallest absolute Gasteiger partial charge is 0.483 e. The van der Waals surface area contributed by atoms with E-state index >= 15 is 0 Å². The van der Waals surface area contributed by atoms with Crippen molar-refractivity contribution in [3.63, 3.8) is 0 Å². The second kappa shape index (κ2) is 36.7. The molecule has 0 fully saturated rings. The van der Waals surface area contributed by atoms with Crippen LogP contribution in [-0.2, 0) is 76.4 Å². The van der Waals surface area contributed by atoms with E-state index in [1.54, 1.807) is 0 Å². The Labute approximate surface area is 175 Å². The van der Waals surface area contributed by atoms with Gasteiger partial charge in [0.15, 0.2) is 0 Å². The zero-order valence-corrected chi connectivity index (χ0v) is 18.9. The van der Waals surface area contributed by atoms with Crippen LogP contribution in [0, 0.1) is 0 Å². The van der Waals surface area contributed by atoms with Crippen molar-refractivity contribution in [2.45, 2.75) is 0 Å². The van der Waals surface area contributed by atoms with E-state index in [1.165, 1.54) is 0 Å². The Kier molecular flexibility index (Phi) is 68.1. The quantitative estimate of drug-likeness (QED) is 0.130. The molecule has 0 saturated carbocycles. The zero-order chi connectivity index (χ0) is 17.0. The maximum atomic E-state index is 8.36. The van der Waals surface area contributed by atoms with Crippen molar-refractivity contribution in [2.75, 3.05) is 0 Å². The fraction of sp³-hybridized carbons (Fsp3) is 0. The van der Waals surface area contributed by atoms with E-state index in [9.17, 15) is 0 Å². The number of hydrogen-bond acceptors (Lipinski definition) is 9. The monoisotopic (exact) mass is 598 g/mol. The van der Waals surface area contributed by atoms with E-state index in [4.69, 9.17) is 9.90 Å². The Balaban J connectivity index is -0.0000000304. The summed E-state index contributed by atoms with van der Waals surface area (Å²) in [6, 6.07) is 0. The molecule has 6 nitrogen and oxygen atoms in total. The van der Waals surface area contributed by atoms with Crippen LogP contribution in [0.2, 0.25) is 0 Å². The summed E-state index contributed by atoms with van der Waals surface area (Å²) in [5, 5.41) is 6.89. The summed E-state index contributed by atoms with van der Waals surface area (Å²) in [4.78, 5) is 8.36. The largest absolute Gasteiger partial charge is 4.00 e. The zero-order valence-electron chi connectivity index (χ0n) is 9.42. The molecule has 0 aromatic heterocycles. The summed E-state index contributed by atoms with van der Waals surface area (Å²) in [6.07, 6.45) is 0. The molecule has 0 aliphatic heterocycles. The summed E-state index contributed by atoms with van der Waals surface area (Å²) in [5.74, 6) is 0. The number of hydrogen-bond donors (Lipinski definition) is 5. The molecule has 0 aliphatic rings. The molecule has 0 atom stereocenters. The van der Waals surface area contributed by atoms with Gasteiger partial charge in [0.25, 0.3) is 6.47 Å². The third-order valence-corrected chi connectivity index (χ3v) is 0. The van der Waals surface area contributed by atoms with Gasteiger partial charge in [0, 0.05) is 0 Å². The summed E-state index contributed by atoms with van der Waals surface area (Å²) < 4.78 is 0.333. The van der Waals surface area contributed by atoms with Gasteiger partial charge in [0.05, 0.1) is 0 Å². The van der Waals surface area contributed by atoms with Gasteiger partial charge < -0.3 is 127 Å². The minimum atomic E-state index is -0.250. The normalized spacial score (nSPS) is 5.40. The molecule has 0 bridgehead atoms. The van der Waals surface area contributed by atoms with Gasteiger partial charge in [-0.2, -0.15) is 0 Å². The van der Waals surface area contributed by atoms with Crippen molar-refractivity contribution in [1.82, 2.24) is 0 Å². The molecule has 0 spiro atoms. The van der Waals surface area contributed by atoms with Crippen LogP contribution in [0.5, 0.6) is 0 Å². The first-order chi connectivity index (χ1) is 8.34. The van der Waals surface area contributed by atoms with Crippen LogP contribution in [0.4, 0.5) is 0 Å². The Morgan fingerprint density at radius 3 is 0.750 bits per heavy atom. The maximum absolute atomic E-state index is 8.36. The van der Waals surface area contributed by atoms with Gasteiger partial charge in [-0.3, -0.25) is 4.79 Å². The SMILES string of the molecule is NC(=S)[S-].NC(=S)[S-].NC(=S)[S-].NC(=S)[S-].O=CO.[W+4]. The number of carboxylic acid groups (broad SMARTS) is 1.